The van der Waals surface area contributed by atoms with Crippen molar-refractivity contribution in [2.24, 2.45) is 0 Å². The Bertz CT molecular complexity index is 721. The molecule has 0 bridgehead atoms. The summed E-state index contributed by atoms with van der Waals surface area (Å²) in [5, 5.41) is 5.90. The number of methoxy groups -OCH3 is 1. The van der Waals surface area contributed by atoms with E-state index >= 15 is 0 Å². The van der Waals surface area contributed by atoms with E-state index in [4.69, 9.17) is 4.74 Å². The van der Waals surface area contributed by atoms with Gasteiger partial charge in [-0.2, -0.15) is 0 Å². The van der Waals surface area contributed by atoms with Crippen molar-refractivity contribution in [1.82, 2.24) is 15.3 Å². The molecule has 0 spiro atoms. The van der Waals surface area contributed by atoms with Crippen LogP contribution in [0.5, 0.6) is 5.75 Å². The maximum atomic E-state index is 11.8. The van der Waals surface area contributed by atoms with Gasteiger partial charge in [-0.15, -0.1) is 9.97 Å². The highest BCUT2D eigenvalue weighted by Crippen LogP contribution is 2.14. The molecule has 0 saturated carbocycles. The first kappa shape index (κ1) is 17.4. The van der Waals surface area contributed by atoms with E-state index in [0.29, 0.717) is 18.3 Å². The Kier molecular flexibility index (Phi) is 5.83. The normalized spacial score (nSPS) is 11.1. The number of carbonyl (C=O) groups excluding carboxylic acids is 1. The van der Waals surface area contributed by atoms with Gasteiger partial charge in [-0.05, 0) is 38.1 Å². The van der Waals surface area contributed by atoms with Gasteiger partial charge >= 0.3 is 5.95 Å². The zero-order chi connectivity index (χ0) is 17.5. The highest BCUT2D eigenvalue weighted by atomic mass is 16.5. The van der Waals surface area contributed by atoms with Gasteiger partial charge in [-0.3, -0.25) is 10.1 Å². The van der Waals surface area contributed by atoms with Crippen LogP contribution in [0.3, 0.4) is 0 Å². The van der Waals surface area contributed by atoms with Gasteiger partial charge in [0.1, 0.15) is 5.75 Å². The van der Waals surface area contributed by atoms with Gasteiger partial charge in [0, 0.05) is 12.5 Å². The molecule has 1 aromatic heterocycles. The van der Waals surface area contributed by atoms with Crippen LogP contribution >= 0.6 is 0 Å². The fraction of sp³-hybridized carbons (Fsp3) is 0.294. The zero-order valence-electron chi connectivity index (χ0n) is 14.3. The molecule has 1 amide bonds. The summed E-state index contributed by atoms with van der Waals surface area (Å²) in [4.78, 5) is 23.4. The number of benzene rings is 1. The van der Waals surface area contributed by atoms with Crippen LogP contribution in [-0.4, -0.2) is 28.9 Å². The van der Waals surface area contributed by atoms with E-state index in [2.05, 4.69) is 25.6 Å². The number of guanidine groups is 1. The van der Waals surface area contributed by atoms with Crippen molar-refractivity contribution in [1.29, 1.82) is 0 Å². The average Bonchev–Trinajstić information content (AvgIpc) is 2.54. The minimum absolute atomic E-state index is 0.122. The lowest BCUT2D eigenvalue weighted by molar-refractivity contribution is -0.366. The monoisotopic (exact) mass is 328 g/mol. The van der Waals surface area contributed by atoms with Crippen LogP contribution < -0.4 is 20.4 Å². The van der Waals surface area contributed by atoms with Crippen LogP contribution in [0.25, 0.3) is 0 Å². The fourth-order valence-corrected chi connectivity index (χ4v) is 2.03. The molecule has 0 saturated heterocycles. The van der Waals surface area contributed by atoms with Crippen LogP contribution in [0, 0.1) is 13.8 Å². The van der Waals surface area contributed by atoms with Gasteiger partial charge in [0.05, 0.1) is 24.2 Å². The Balaban J connectivity index is 2.28. The predicted molar refractivity (Wildman–Crippen MR) is 92.2 cm³/mol. The summed E-state index contributed by atoms with van der Waals surface area (Å²) in [6.07, 6.45) is 0.364. The molecule has 1 aromatic carbocycles. The maximum Gasteiger partial charge on any atom is 0.354 e. The summed E-state index contributed by atoms with van der Waals surface area (Å²) in [5.74, 6) is 1.45. The van der Waals surface area contributed by atoms with Crippen molar-refractivity contribution in [3.05, 3.63) is 41.7 Å². The van der Waals surface area contributed by atoms with E-state index < -0.39 is 0 Å². The van der Waals surface area contributed by atoms with E-state index in [1.165, 1.54) is 0 Å². The molecule has 2 rings (SSSR count). The zero-order valence-corrected chi connectivity index (χ0v) is 14.3. The molecule has 0 radical (unpaired) electrons. The van der Waals surface area contributed by atoms with Crippen LogP contribution in [0.4, 0.5) is 11.6 Å². The molecular weight excluding hydrogens is 306 g/mol. The number of hydrogen-bond donors (Lipinski definition) is 3. The quantitative estimate of drug-likeness (QED) is 0.571. The van der Waals surface area contributed by atoms with Crippen LogP contribution in [0.15, 0.2) is 30.3 Å². The molecule has 7 heteroatoms. The molecule has 1 heterocycles. The number of rotatable bonds is 4. The summed E-state index contributed by atoms with van der Waals surface area (Å²) < 4.78 is 5.14. The molecule has 126 valence electrons. The van der Waals surface area contributed by atoms with Crippen LogP contribution in [0.2, 0.25) is 0 Å². The molecule has 7 nitrogen and oxygen atoms in total. The number of aromatic nitrogens is 2. The Morgan fingerprint density at radius 3 is 2.33 bits per heavy atom. The number of amides is 1. The highest BCUT2D eigenvalue weighted by molar-refractivity contribution is 6.01. The third-order valence-corrected chi connectivity index (χ3v) is 3.16. The van der Waals surface area contributed by atoms with E-state index in [1.807, 2.05) is 44.2 Å². The molecule has 0 aliphatic heterocycles. The predicted octanol–water partition coefficient (Wildman–Crippen LogP) is 0.808. The van der Waals surface area contributed by atoms with Crippen LogP contribution in [0.1, 0.15) is 24.7 Å². The second-order valence-corrected chi connectivity index (χ2v) is 5.23. The molecular formula is C17H22N5O2+. The topological polar surface area (TPSA) is 90.1 Å². The van der Waals surface area contributed by atoms with Gasteiger partial charge < -0.3 is 4.74 Å². The molecule has 0 fully saturated rings. The molecule has 0 aliphatic rings. The number of aryl methyl sites for hydroxylation is 2. The maximum absolute atomic E-state index is 11.8. The molecule has 0 aliphatic carbocycles. The Morgan fingerprint density at radius 1 is 1.17 bits per heavy atom. The van der Waals surface area contributed by atoms with E-state index in [0.717, 1.165) is 22.8 Å². The average molecular weight is 328 g/mol. The van der Waals surface area contributed by atoms with E-state index in [-0.39, 0.29) is 5.91 Å². The second kappa shape index (κ2) is 8.05. The summed E-state index contributed by atoms with van der Waals surface area (Å²) >= 11 is 0. The Morgan fingerprint density at radius 2 is 1.79 bits per heavy atom. The minimum Gasteiger partial charge on any atom is -0.497 e. The van der Waals surface area contributed by atoms with E-state index in [1.54, 1.807) is 14.0 Å². The molecule has 2 aromatic rings. The lowest BCUT2D eigenvalue weighted by Gasteiger charge is -2.07. The SMILES string of the molecule is CCC(=O)N/C(Nc1ccc(OC)cc1)=[NH+]\c1nc(C)cc(C)n1. The molecule has 0 unspecified atom stereocenters. The fourth-order valence-electron chi connectivity index (χ4n) is 2.03. The minimum atomic E-state index is -0.122. The lowest BCUT2D eigenvalue weighted by atomic mass is 10.3. The van der Waals surface area contributed by atoms with Crippen molar-refractivity contribution in [2.75, 3.05) is 12.4 Å². The van der Waals surface area contributed by atoms with Crippen LogP contribution in [-0.2, 0) is 4.79 Å². The van der Waals surface area contributed by atoms with Crippen molar-refractivity contribution < 1.29 is 14.5 Å². The number of hydrogen-bond acceptors (Lipinski definition) is 4. The first-order valence-electron chi connectivity index (χ1n) is 7.67. The summed E-state index contributed by atoms with van der Waals surface area (Å²) in [7, 11) is 1.61. The first-order chi connectivity index (χ1) is 11.5. The Hall–Kier alpha value is -2.96. The third kappa shape index (κ3) is 5.05. The summed E-state index contributed by atoms with van der Waals surface area (Å²) in [6, 6.07) is 9.23. The number of nitrogens with one attached hydrogen (secondary N) is 3. The lowest BCUT2D eigenvalue weighted by Crippen LogP contribution is -2.74. The van der Waals surface area contributed by atoms with Gasteiger partial charge in [0.2, 0.25) is 0 Å². The van der Waals surface area contributed by atoms with Gasteiger partial charge in [0.15, 0.2) is 0 Å². The molecule has 0 atom stereocenters. The number of ether oxygens (including phenoxy) is 1. The van der Waals surface area contributed by atoms with Crippen molar-refractivity contribution in [3.63, 3.8) is 0 Å². The first-order valence-corrected chi connectivity index (χ1v) is 7.67. The number of carbonyl (C=O) groups is 1. The van der Waals surface area contributed by atoms with Crippen molar-refractivity contribution in [2.45, 2.75) is 27.2 Å². The smallest absolute Gasteiger partial charge is 0.354 e. The number of nitrogens with zero attached hydrogens (tertiary/aromatic N) is 2. The summed E-state index contributed by atoms with van der Waals surface area (Å²) in [5.41, 5.74) is 2.48. The third-order valence-electron chi connectivity index (χ3n) is 3.16. The number of anilines is 1. The van der Waals surface area contributed by atoms with Gasteiger partial charge in [-0.25, -0.2) is 10.3 Å². The van der Waals surface area contributed by atoms with Gasteiger partial charge in [0.25, 0.3) is 11.9 Å². The van der Waals surface area contributed by atoms with Crippen molar-refractivity contribution in [3.8, 4) is 5.75 Å². The largest absolute Gasteiger partial charge is 0.497 e. The molecule has 3 N–H and O–H groups in total. The summed E-state index contributed by atoms with van der Waals surface area (Å²) in [6.45, 7) is 5.57. The standard InChI is InChI=1S/C17H21N5O2/c1-5-15(23)21-17(20-13-6-8-14(24-4)9-7-13)22-16-18-11(2)10-12(3)19-16/h6-10H,5H2,1-4H3,(H2,18,19,20,21,22,23)/p+1. The molecule has 24 heavy (non-hydrogen) atoms. The van der Waals surface area contributed by atoms with Gasteiger partial charge in [-0.1, -0.05) is 6.92 Å². The van der Waals surface area contributed by atoms with Crippen molar-refractivity contribution >= 4 is 23.5 Å². The highest BCUT2D eigenvalue weighted by Gasteiger charge is 2.12. The Labute approximate surface area is 141 Å². The second-order valence-electron chi connectivity index (χ2n) is 5.23. The van der Waals surface area contributed by atoms with E-state index in [9.17, 15) is 4.79 Å².